The third-order valence-electron chi connectivity index (χ3n) is 1.93. The van der Waals surface area contributed by atoms with Gasteiger partial charge in [-0.15, -0.1) is 0 Å². The van der Waals surface area contributed by atoms with Crippen LogP contribution in [-0.2, 0) is 9.84 Å². The summed E-state index contributed by atoms with van der Waals surface area (Å²) >= 11 is 3.05. The molecule has 0 saturated carbocycles. The van der Waals surface area contributed by atoms with Crippen LogP contribution in [-0.4, -0.2) is 24.9 Å². The van der Waals surface area contributed by atoms with Gasteiger partial charge in [-0.1, -0.05) is 6.92 Å². The molecular weight excluding hydrogens is 282 g/mol. The van der Waals surface area contributed by atoms with Crippen molar-refractivity contribution in [3.05, 3.63) is 22.4 Å². The SMILES string of the molecule is CCS(=O)(=O)c1cc(C(C)=O)cnc1Br. The maximum Gasteiger partial charge on any atom is 0.180 e. The molecule has 0 radical (unpaired) electrons. The van der Waals surface area contributed by atoms with Crippen LogP contribution >= 0.6 is 15.9 Å². The molecular formula is C9H10BrNO3S. The predicted molar refractivity (Wildman–Crippen MR) is 59.7 cm³/mol. The summed E-state index contributed by atoms with van der Waals surface area (Å²) in [6.07, 6.45) is 1.35. The highest BCUT2D eigenvalue weighted by molar-refractivity contribution is 9.10. The third kappa shape index (κ3) is 2.63. The monoisotopic (exact) mass is 291 g/mol. The molecule has 6 heteroatoms. The lowest BCUT2D eigenvalue weighted by atomic mass is 10.2. The van der Waals surface area contributed by atoms with Gasteiger partial charge >= 0.3 is 0 Å². The number of pyridine rings is 1. The van der Waals surface area contributed by atoms with Crippen LogP contribution in [0.5, 0.6) is 0 Å². The van der Waals surface area contributed by atoms with E-state index in [1.807, 2.05) is 0 Å². The topological polar surface area (TPSA) is 64.1 Å². The Morgan fingerprint density at radius 1 is 1.53 bits per heavy atom. The molecule has 1 aromatic rings. The van der Waals surface area contributed by atoms with E-state index in [9.17, 15) is 13.2 Å². The summed E-state index contributed by atoms with van der Waals surface area (Å²) in [7, 11) is -3.35. The molecule has 0 atom stereocenters. The number of Topliss-reactive ketones (excluding diaryl/α,β-unsaturated/α-hetero) is 1. The molecule has 0 spiro atoms. The fourth-order valence-corrected chi connectivity index (χ4v) is 2.88. The second-order valence-electron chi connectivity index (χ2n) is 2.97. The number of hydrogen-bond donors (Lipinski definition) is 0. The van der Waals surface area contributed by atoms with E-state index in [0.717, 1.165) is 0 Å². The van der Waals surface area contributed by atoms with Crippen molar-refractivity contribution in [3.63, 3.8) is 0 Å². The largest absolute Gasteiger partial charge is 0.294 e. The Balaban J connectivity index is 3.42. The first-order chi connectivity index (χ1) is 6.88. The first-order valence-corrected chi connectivity index (χ1v) is 6.72. The quantitative estimate of drug-likeness (QED) is 0.630. The maximum atomic E-state index is 11.6. The third-order valence-corrected chi connectivity index (χ3v) is 4.56. The van der Waals surface area contributed by atoms with Crippen molar-refractivity contribution in [1.82, 2.24) is 4.98 Å². The summed E-state index contributed by atoms with van der Waals surface area (Å²) in [6.45, 7) is 2.91. The summed E-state index contributed by atoms with van der Waals surface area (Å²) < 4.78 is 23.5. The van der Waals surface area contributed by atoms with Gasteiger partial charge in [0, 0.05) is 11.8 Å². The molecule has 0 unspecified atom stereocenters. The standard InChI is InChI=1S/C9H10BrNO3S/c1-3-15(13,14)8-4-7(6(2)12)5-11-9(8)10/h4-5H,3H2,1-2H3. The van der Waals surface area contributed by atoms with E-state index in [1.54, 1.807) is 6.92 Å². The normalized spacial score (nSPS) is 11.4. The fourth-order valence-electron chi connectivity index (χ4n) is 0.994. The lowest BCUT2D eigenvalue weighted by Gasteiger charge is -2.04. The van der Waals surface area contributed by atoms with Crippen LogP contribution in [0.15, 0.2) is 21.8 Å². The molecule has 1 rings (SSSR count). The number of carbonyl (C=O) groups is 1. The molecule has 1 aromatic heterocycles. The number of hydrogen-bond acceptors (Lipinski definition) is 4. The lowest BCUT2D eigenvalue weighted by Crippen LogP contribution is -2.07. The zero-order valence-corrected chi connectivity index (χ0v) is 10.7. The summed E-state index contributed by atoms with van der Waals surface area (Å²) in [5.74, 6) is -0.225. The van der Waals surface area contributed by atoms with Gasteiger partial charge < -0.3 is 0 Å². The highest BCUT2D eigenvalue weighted by Crippen LogP contribution is 2.21. The molecule has 0 aliphatic heterocycles. The zero-order chi connectivity index (χ0) is 11.6. The number of carbonyl (C=O) groups excluding carboxylic acids is 1. The lowest BCUT2D eigenvalue weighted by molar-refractivity contribution is 0.101. The molecule has 0 aliphatic rings. The summed E-state index contributed by atoms with van der Waals surface area (Å²) in [5.41, 5.74) is 0.297. The Morgan fingerprint density at radius 3 is 2.60 bits per heavy atom. The van der Waals surface area contributed by atoms with Crippen molar-refractivity contribution in [1.29, 1.82) is 0 Å². The molecule has 15 heavy (non-hydrogen) atoms. The van der Waals surface area contributed by atoms with Gasteiger partial charge in [-0.3, -0.25) is 4.79 Å². The minimum atomic E-state index is -3.35. The molecule has 0 fully saturated rings. The average Bonchev–Trinajstić information content (AvgIpc) is 2.17. The number of rotatable bonds is 3. The van der Waals surface area contributed by atoms with Crippen LogP contribution in [0.4, 0.5) is 0 Å². The summed E-state index contributed by atoms with van der Waals surface area (Å²) in [6, 6.07) is 1.35. The highest BCUT2D eigenvalue weighted by Gasteiger charge is 2.18. The summed E-state index contributed by atoms with van der Waals surface area (Å²) in [5, 5.41) is 0. The first-order valence-electron chi connectivity index (χ1n) is 4.27. The van der Waals surface area contributed by atoms with Gasteiger partial charge in [-0.25, -0.2) is 13.4 Å². The Kier molecular flexibility index (Phi) is 3.62. The van der Waals surface area contributed by atoms with E-state index < -0.39 is 9.84 Å². The zero-order valence-electron chi connectivity index (χ0n) is 8.32. The molecule has 4 nitrogen and oxygen atoms in total. The van der Waals surface area contributed by atoms with Crippen molar-refractivity contribution < 1.29 is 13.2 Å². The van der Waals surface area contributed by atoms with E-state index in [0.29, 0.717) is 5.56 Å². The van der Waals surface area contributed by atoms with Gasteiger partial charge in [0.05, 0.1) is 5.75 Å². The van der Waals surface area contributed by atoms with Crippen LogP contribution in [0.25, 0.3) is 0 Å². The molecule has 0 N–H and O–H groups in total. The van der Waals surface area contributed by atoms with E-state index >= 15 is 0 Å². The number of halogens is 1. The van der Waals surface area contributed by atoms with Crippen LogP contribution in [0.1, 0.15) is 24.2 Å². The Bertz CT molecular complexity index is 496. The van der Waals surface area contributed by atoms with Crippen molar-refractivity contribution in [2.24, 2.45) is 0 Å². The van der Waals surface area contributed by atoms with Gasteiger partial charge in [0.25, 0.3) is 0 Å². The number of sulfone groups is 1. The van der Waals surface area contributed by atoms with Crippen LogP contribution in [0.3, 0.4) is 0 Å². The molecule has 0 amide bonds. The van der Waals surface area contributed by atoms with E-state index in [2.05, 4.69) is 20.9 Å². The molecule has 0 aliphatic carbocycles. The predicted octanol–water partition coefficient (Wildman–Crippen LogP) is 1.84. The van der Waals surface area contributed by atoms with Gasteiger partial charge in [0.1, 0.15) is 9.50 Å². The Morgan fingerprint density at radius 2 is 2.13 bits per heavy atom. The number of ketones is 1. The highest BCUT2D eigenvalue weighted by atomic mass is 79.9. The minimum Gasteiger partial charge on any atom is -0.294 e. The molecule has 0 bridgehead atoms. The van der Waals surface area contributed by atoms with E-state index in [-0.39, 0.29) is 21.0 Å². The molecule has 82 valence electrons. The molecule has 0 saturated heterocycles. The van der Waals surface area contributed by atoms with Gasteiger partial charge in [-0.05, 0) is 28.9 Å². The number of aromatic nitrogens is 1. The molecule has 1 heterocycles. The first kappa shape index (κ1) is 12.3. The van der Waals surface area contributed by atoms with Crippen molar-refractivity contribution in [3.8, 4) is 0 Å². The number of nitrogens with zero attached hydrogens (tertiary/aromatic N) is 1. The van der Waals surface area contributed by atoms with Crippen molar-refractivity contribution in [2.75, 3.05) is 5.75 Å². The Hall–Kier alpha value is -0.750. The molecule has 0 aromatic carbocycles. The Labute approximate surface area is 96.8 Å². The fraction of sp³-hybridized carbons (Fsp3) is 0.333. The maximum absolute atomic E-state index is 11.6. The van der Waals surface area contributed by atoms with Gasteiger partial charge in [0.2, 0.25) is 0 Å². The second-order valence-corrected chi connectivity index (χ2v) is 5.97. The average molecular weight is 292 g/mol. The van der Waals surface area contributed by atoms with Crippen molar-refractivity contribution in [2.45, 2.75) is 18.7 Å². The van der Waals surface area contributed by atoms with Crippen LogP contribution < -0.4 is 0 Å². The van der Waals surface area contributed by atoms with Crippen molar-refractivity contribution >= 4 is 31.6 Å². The smallest absolute Gasteiger partial charge is 0.180 e. The second kappa shape index (κ2) is 4.40. The van der Waals surface area contributed by atoms with Crippen LogP contribution in [0, 0.1) is 0 Å². The minimum absolute atomic E-state index is 0.0192. The van der Waals surface area contributed by atoms with Gasteiger partial charge in [-0.2, -0.15) is 0 Å². The van der Waals surface area contributed by atoms with Gasteiger partial charge in [0.15, 0.2) is 15.6 Å². The van der Waals surface area contributed by atoms with Crippen LogP contribution in [0.2, 0.25) is 0 Å². The van der Waals surface area contributed by atoms with E-state index in [1.165, 1.54) is 19.2 Å². The van der Waals surface area contributed by atoms with E-state index in [4.69, 9.17) is 0 Å². The summed E-state index contributed by atoms with van der Waals surface area (Å²) in [4.78, 5) is 15.0.